The molecule has 0 unspecified atom stereocenters. The first-order valence-electron chi connectivity index (χ1n) is 11.4. The minimum Gasteiger partial charge on any atom is -0.489 e. The molecule has 1 saturated heterocycles. The SMILES string of the molecule is C/N=C\c1ccc2c3c([nH]c2c1)C(C)(C)c1cc(OC2CCOCC2)c(C(C)=O)cc1C3=O. The van der Waals surface area contributed by atoms with Gasteiger partial charge in [0.05, 0.1) is 24.3 Å². The summed E-state index contributed by atoms with van der Waals surface area (Å²) in [5.74, 6) is 0.372. The van der Waals surface area contributed by atoms with Crippen LogP contribution in [0.1, 0.15) is 76.7 Å². The monoisotopic (exact) mass is 444 g/mol. The molecule has 1 aliphatic carbocycles. The van der Waals surface area contributed by atoms with Gasteiger partial charge in [-0.25, -0.2) is 0 Å². The van der Waals surface area contributed by atoms with Crippen molar-refractivity contribution in [2.45, 2.75) is 45.1 Å². The number of aliphatic imine (C=N–C) groups is 1. The Kier molecular flexibility index (Phi) is 5.20. The lowest BCUT2D eigenvalue weighted by Gasteiger charge is -2.33. The molecule has 0 bridgehead atoms. The third-order valence-electron chi connectivity index (χ3n) is 6.83. The third-order valence-corrected chi connectivity index (χ3v) is 6.83. The lowest BCUT2D eigenvalue weighted by Crippen LogP contribution is -2.31. The Labute approximate surface area is 193 Å². The molecule has 170 valence electrons. The van der Waals surface area contributed by atoms with E-state index in [1.807, 2.05) is 24.3 Å². The summed E-state index contributed by atoms with van der Waals surface area (Å²) in [6.07, 6.45) is 3.36. The van der Waals surface area contributed by atoms with Crippen LogP contribution in [0.25, 0.3) is 10.9 Å². The first-order chi connectivity index (χ1) is 15.8. The van der Waals surface area contributed by atoms with E-state index in [2.05, 4.69) is 23.8 Å². The van der Waals surface area contributed by atoms with Gasteiger partial charge in [-0.15, -0.1) is 0 Å². The summed E-state index contributed by atoms with van der Waals surface area (Å²) in [7, 11) is 1.74. The highest BCUT2D eigenvalue weighted by atomic mass is 16.5. The molecule has 1 aromatic heterocycles. The maximum Gasteiger partial charge on any atom is 0.195 e. The zero-order valence-electron chi connectivity index (χ0n) is 19.5. The highest BCUT2D eigenvalue weighted by Crippen LogP contribution is 2.45. The Morgan fingerprint density at radius 1 is 1.21 bits per heavy atom. The Morgan fingerprint density at radius 3 is 2.67 bits per heavy atom. The Bertz CT molecular complexity index is 1310. The van der Waals surface area contributed by atoms with Crippen molar-refractivity contribution in [2.24, 2.45) is 4.99 Å². The minimum absolute atomic E-state index is 0.000378. The molecule has 3 aromatic rings. The van der Waals surface area contributed by atoms with Crippen molar-refractivity contribution in [3.63, 3.8) is 0 Å². The summed E-state index contributed by atoms with van der Waals surface area (Å²) >= 11 is 0. The Balaban J connectivity index is 1.67. The van der Waals surface area contributed by atoms with E-state index in [1.165, 1.54) is 6.92 Å². The third kappa shape index (κ3) is 3.49. The van der Waals surface area contributed by atoms with Gasteiger partial charge in [0.1, 0.15) is 11.9 Å². The lowest BCUT2D eigenvalue weighted by atomic mass is 9.70. The van der Waals surface area contributed by atoms with Crippen molar-refractivity contribution in [2.75, 3.05) is 20.3 Å². The molecular weight excluding hydrogens is 416 g/mol. The molecule has 2 aromatic carbocycles. The van der Waals surface area contributed by atoms with Crippen LogP contribution < -0.4 is 4.74 Å². The second-order valence-corrected chi connectivity index (χ2v) is 9.40. The summed E-state index contributed by atoms with van der Waals surface area (Å²) in [6, 6.07) is 9.58. The van der Waals surface area contributed by atoms with E-state index < -0.39 is 5.41 Å². The van der Waals surface area contributed by atoms with Crippen LogP contribution in [0.2, 0.25) is 0 Å². The van der Waals surface area contributed by atoms with Gasteiger partial charge in [0.2, 0.25) is 0 Å². The van der Waals surface area contributed by atoms with Gasteiger partial charge in [-0.1, -0.05) is 26.0 Å². The van der Waals surface area contributed by atoms with Gasteiger partial charge >= 0.3 is 0 Å². The number of nitrogens with one attached hydrogen (secondary N) is 1. The summed E-state index contributed by atoms with van der Waals surface area (Å²) < 4.78 is 11.7. The number of H-pyrrole nitrogens is 1. The zero-order chi connectivity index (χ0) is 23.3. The molecule has 6 heteroatoms. The molecule has 0 spiro atoms. The summed E-state index contributed by atoms with van der Waals surface area (Å²) in [5.41, 5.74) is 4.85. The summed E-state index contributed by atoms with van der Waals surface area (Å²) in [4.78, 5) is 33.9. The number of ketones is 2. The molecule has 2 aliphatic rings. The van der Waals surface area contributed by atoms with E-state index in [1.54, 1.807) is 19.3 Å². The molecule has 1 aliphatic heterocycles. The lowest BCUT2D eigenvalue weighted by molar-refractivity contribution is 0.0252. The van der Waals surface area contributed by atoms with Crippen LogP contribution in [0.3, 0.4) is 0 Å². The highest BCUT2D eigenvalue weighted by molar-refractivity contribution is 6.21. The van der Waals surface area contributed by atoms with Crippen molar-refractivity contribution in [3.05, 3.63) is 63.8 Å². The van der Waals surface area contributed by atoms with E-state index in [0.29, 0.717) is 35.7 Å². The van der Waals surface area contributed by atoms with Gasteiger partial charge in [-0.2, -0.15) is 0 Å². The number of Topliss-reactive ketones (excluding diaryl/α,β-unsaturated/α-hetero) is 1. The fourth-order valence-electron chi connectivity index (χ4n) is 5.05. The first kappa shape index (κ1) is 21.6. The number of ether oxygens (including phenoxy) is 2. The van der Waals surface area contributed by atoms with Crippen molar-refractivity contribution in [3.8, 4) is 5.75 Å². The van der Waals surface area contributed by atoms with Crippen molar-refractivity contribution in [1.82, 2.24) is 4.98 Å². The summed E-state index contributed by atoms with van der Waals surface area (Å²) in [6.45, 7) is 7.03. The van der Waals surface area contributed by atoms with Crippen LogP contribution in [0.5, 0.6) is 5.75 Å². The van der Waals surface area contributed by atoms with E-state index in [0.717, 1.165) is 40.6 Å². The number of hydrogen-bond donors (Lipinski definition) is 1. The maximum atomic E-state index is 13.7. The highest BCUT2D eigenvalue weighted by Gasteiger charge is 2.41. The minimum atomic E-state index is -0.473. The number of carbonyl (C=O) groups excluding carboxylic acids is 2. The van der Waals surface area contributed by atoms with E-state index in [-0.39, 0.29) is 17.7 Å². The van der Waals surface area contributed by atoms with E-state index >= 15 is 0 Å². The molecule has 6 nitrogen and oxygen atoms in total. The normalized spacial score (nSPS) is 17.9. The molecule has 0 amide bonds. The Morgan fingerprint density at radius 2 is 1.97 bits per heavy atom. The Hall–Kier alpha value is -3.25. The van der Waals surface area contributed by atoms with Gasteiger partial charge < -0.3 is 14.5 Å². The number of hydrogen-bond acceptors (Lipinski definition) is 5. The van der Waals surface area contributed by atoms with Crippen molar-refractivity contribution < 1.29 is 19.1 Å². The van der Waals surface area contributed by atoms with Crippen LogP contribution >= 0.6 is 0 Å². The first-order valence-corrected chi connectivity index (χ1v) is 11.4. The van der Waals surface area contributed by atoms with E-state index in [9.17, 15) is 9.59 Å². The number of fused-ring (bicyclic) bond motifs is 4. The number of aromatic nitrogens is 1. The molecule has 2 heterocycles. The second-order valence-electron chi connectivity index (χ2n) is 9.40. The number of carbonyl (C=O) groups is 2. The molecule has 0 saturated carbocycles. The fourth-order valence-corrected chi connectivity index (χ4v) is 5.05. The fraction of sp³-hybridized carbons (Fsp3) is 0.370. The molecule has 33 heavy (non-hydrogen) atoms. The van der Waals surface area contributed by atoms with Gasteiger partial charge in [0.25, 0.3) is 0 Å². The number of benzene rings is 2. The molecular formula is C27H28N2O4. The average molecular weight is 445 g/mol. The van der Waals surface area contributed by atoms with Gasteiger partial charge in [0, 0.05) is 53.7 Å². The predicted molar refractivity (Wildman–Crippen MR) is 128 cm³/mol. The van der Waals surface area contributed by atoms with Gasteiger partial charge in [0.15, 0.2) is 11.6 Å². The van der Waals surface area contributed by atoms with Crippen molar-refractivity contribution >= 4 is 28.7 Å². The number of aromatic amines is 1. The maximum absolute atomic E-state index is 13.7. The van der Waals surface area contributed by atoms with E-state index in [4.69, 9.17) is 9.47 Å². The van der Waals surface area contributed by atoms with Crippen LogP contribution in [0, 0.1) is 0 Å². The standard InChI is InChI=1S/C27H28N2O4/c1-15(30)19-12-20-21(13-23(19)33-17-7-9-32-10-8-17)27(2,3)26-24(25(20)31)18-6-5-16(14-28-4)11-22(18)29-26/h5-6,11-14,17,29H,7-10H2,1-4H3/b28-14-. The zero-order valence-corrected chi connectivity index (χ0v) is 19.5. The number of nitrogens with zero attached hydrogens (tertiary/aromatic N) is 1. The van der Waals surface area contributed by atoms with Crippen LogP contribution in [-0.4, -0.2) is 49.1 Å². The van der Waals surface area contributed by atoms with Gasteiger partial charge in [-0.3, -0.25) is 14.6 Å². The van der Waals surface area contributed by atoms with Crippen LogP contribution in [0.15, 0.2) is 35.3 Å². The van der Waals surface area contributed by atoms with Gasteiger partial charge in [-0.05, 0) is 36.2 Å². The number of rotatable bonds is 4. The molecule has 1 fully saturated rings. The summed E-state index contributed by atoms with van der Waals surface area (Å²) in [5, 5.41) is 0.883. The average Bonchev–Trinajstić information content (AvgIpc) is 3.18. The smallest absolute Gasteiger partial charge is 0.195 e. The second kappa shape index (κ2) is 7.96. The van der Waals surface area contributed by atoms with Crippen LogP contribution in [0.4, 0.5) is 0 Å². The largest absolute Gasteiger partial charge is 0.489 e. The molecule has 1 N–H and O–H groups in total. The van der Waals surface area contributed by atoms with Crippen LogP contribution in [-0.2, 0) is 10.2 Å². The molecule has 0 radical (unpaired) electrons. The predicted octanol–water partition coefficient (Wildman–Crippen LogP) is 4.85. The topological polar surface area (TPSA) is 80.8 Å². The molecule has 5 rings (SSSR count). The molecule has 0 atom stereocenters. The quantitative estimate of drug-likeness (QED) is 0.461. The van der Waals surface area contributed by atoms with Crippen molar-refractivity contribution in [1.29, 1.82) is 0 Å².